The van der Waals surface area contributed by atoms with E-state index < -0.39 is 0 Å². The van der Waals surface area contributed by atoms with E-state index in [9.17, 15) is 0 Å². The molecule has 15 heavy (non-hydrogen) atoms. The molecule has 0 saturated carbocycles. The van der Waals surface area contributed by atoms with Crippen LogP contribution < -0.4 is 0 Å². The smallest absolute Gasteiger partial charge is 0.119 e. The molecule has 1 aromatic carbocycles. The van der Waals surface area contributed by atoms with Crippen LogP contribution in [0, 0.1) is 0 Å². The van der Waals surface area contributed by atoms with Gasteiger partial charge in [-0.3, -0.25) is 0 Å². The first kappa shape index (κ1) is 13.5. The van der Waals surface area contributed by atoms with Gasteiger partial charge in [0.2, 0.25) is 0 Å². The Bertz CT molecular complexity index is 337. The zero-order valence-corrected chi connectivity index (χ0v) is 10.1. The Morgan fingerprint density at radius 3 is 1.93 bits per heavy atom. The number of allylic oxidation sites excluding steroid dienone is 1. The number of hydrogen-bond donors (Lipinski definition) is 0. The normalized spacial score (nSPS) is 8.53. The van der Waals surface area contributed by atoms with Gasteiger partial charge < -0.3 is 4.74 Å². The molecule has 0 amide bonds. The maximum Gasteiger partial charge on any atom is 0.119 e. The molecule has 0 atom stereocenters. The molecular weight excluding hydrogens is 184 g/mol. The summed E-state index contributed by atoms with van der Waals surface area (Å²) in [6.07, 6.45) is 0. The van der Waals surface area contributed by atoms with Crippen molar-refractivity contribution in [2.24, 2.45) is 0 Å². The van der Waals surface area contributed by atoms with Gasteiger partial charge in [-0.1, -0.05) is 56.8 Å². The molecule has 1 nitrogen and oxygen atoms in total. The van der Waals surface area contributed by atoms with E-state index in [4.69, 9.17) is 4.74 Å². The second kappa shape index (κ2) is 6.88. The van der Waals surface area contributed by atoms with Crippen molar-refractivity contribution in [1.29, 1.82) is 0 Å². The van der Waals surface area contributed by atoms with E-state index in [1.807, 2.05) is 45.0 Å². The SMILES string of the molecule is C=C(C)c1ccccc1C(=C)OC.CC. The fraction of sp³-hybridized carbons (Fsp3) is 0.286. The van der Waals surface area contributed by atoms with Crippen LogP contribution in [0.25, 0.3) is 11.3 Å². The molecule has 0 saturated heterocycles. The predicted molar refractivity (Wildman–Crippen MR) is 68.5 cm³/mol. The Kier molecular flexibility index (Phi) is 6.19. The van der Waals surface area contributed by atoms with Gasteiger partial charge >= 0.3 is 0 Å². The molecule has 1 aromatic rings. The van der Waals surface area contributed by atoms with Gasteiger partial charge in [-0.25, -0.2) is 0 Å². The summed E-state index contributed by atoms with van der Waals surface area (Å²) in [6.45, 7) is 13.7. The monoisotopic (exact) mass is 204 g/mol. The third-order valence-electron chi connectivity index (χ3n) is 1.93. The molecule has 0 aromatic heterocycles. The van der Waals surface area contributed by atoms with Gasteiger partial charge in [0.15, 0.2) is 0 Å². The topological polar surface area (TPSA) is 9.23 Å². The minimum Gasteiger partial charge on any atom is -0.497 e. The lowest BCUT2D eigenvalue weighted by molar-refractivity contribution is 0.371. The molecule has 0 aliphatic rings. The highest BCUT2D eigenvalue weighted by atomic mass is 16.5. The highest BCUT2D eigenvalue weighted by Crippen LogP contribution is 2.23. The van der Waals surface area contributed by atoms with Crippen molar-refractivity contribution in [3.05, 3.63) is 48.6 Å². The molecule has 82 valence electrons. The van der Waals surface area contributed by atoms with Gasteiger partial charge in [-0.2, -0.15) is 0 Å². The third-order valence-corrected chi connectivity index (χ3v) is 1.93. The van der Waals surface area contributed by atoms with Gasteiger partial charge in [-0.15, -0.1) is 0 Å². The average Bonchev–Trinajstić information content (AvgIpc) is 2.30. The number of benzene rings is 1. The Morgan fingerprint density at radius 2 is 1.53 bits per heavy atom. The summed E-state index contributed by atoms with van der Waals surface area (Å²) >= 11 is 0. The van der Waals surface area contributed by atoms with Crippen LogP contribution in [0.15, 0.2) is 37.4 Å². The first-order chi connectivity index (χ1) is 7.16. The Hall–Kier alpha value is -1.50. The highest BCUT2D eigenvalue weighted by Gasteiger charge is 2.04. The van der Waals surface area contributed by atoms with Crippen LogP contribution in [0.2, 0.25) is 0 Å². The van der Waals surface area contributed by atoms with E-state index >= 15 is 0 Å². The number of hydrogen-bond acceptors (Lipinski definition) is 1. The van der Waals surface area contributed by atoms with Crippen molar-refractivity contribution in [3.8, 4) is 0 Å². The van der Waals surface area contributed by atoms with E-state index in [0.29, 0.717) is 5.76 Å². The molecule has 1 heteroatoms. The fourth-order valence-corrected chi connectivity index (χ4v) is 1.21. The highest BCUT2D eigenvalue weighted by molar-refractivity contribution is 5.74. The van der Waals surface area contributed by atoms with Crippen molar-refractivity contribution < 1.29 is 4.74 Å². The number of methoxy groups -OCH3 is 1. The first-order valence-electron chi connectivity index (χ1n) is 5.15. The van der Waals surface area contributed by atoms with Crippen molar-refractivity contribution >= 4 is 11.3 Å². The molecule has 0 heterocycles. The van der Waals surface area contributed by atoms with Gasteiger partial charge in [0.05, 0.1) is 7.11 Å². The predicted octanol–water partition coefficient (Wildman–Crippen LogP) is 4.36. The van der Waals surface area contributed by atoms with Gasteiger partial charge in [0, 0.05) is 5.56 Å². The molecule has 0 aliphatic heterocycles. The molecule has 0 unspecified atom stereocenters. The summed E-state index contributed by atoms with van der Waals surface area (Å²) < 4.78 is 5.09. The maximum absolute atomic E-state index is 5.09. The first-order valence-corrected chi connectivity index (χ1v) is 5.15. The fourth-order valence-electron chi connectivity index (χ4n) is 1.21. The van der Waals surface area contributed by atoms with Crippen molar-refractivity contribution in [2.75, 3.05) is 7.11 Å². The summed E-state index contributed by atoms with van der Waals surface area (Å²) in [5, 5.41) is 0. The Morgan fingerprint density at radius 1 is 1.07 bits per heavy atom. The van der Waals surface area contributed by atoms with E-state index in [1.165, 1.54) is 0 Å². The van der Waals surface area contributed by atoms with Crippen LogP contribution in [0.5, 0.6) is 0 Å². The van der Waals surface area contributed by atoms with Crippen LogP contribution >= 0.6 is 0 Å². The summed E-state index contributed by atoms with van der Waals surface area (Å²) in [5.41, 5.74) is 3.13. The van der Waals surface area contributed by atoms with Crippen LogP contribution in [-0.2, 0) is 4.74 Å². The minimum atomic E-state index is 0.679. The quantitative estimate of drug-likeness (QED) is 0.664. The number of ether oxygens (including phenoxy) is 1. The van der Waals surface area contributed by atoms with E-state index in [-0.39, 0.29) is 0 Å². The van der Waals surface area contributed by atoms with E-state index in [1.54, 1.807) is 7.11 Å². The lowest BCUT2D eigenvalue weighted by Crippen LogP contribution is -1.91. The summed E-state index contributed by atoms with van der Waals surface area (Å²) in [6, 6.07) is 7.94. The van der Waals surface area contributed by atoms with Gasteiger partial charge in [-0.05, 0) is 12.5 Å². The third kappa shape index (κ3) is 3.62. The van der Waals surface area contributed by atoms with Gasteiger partial charge in [0.25, 0.3) is 0 Å². The zero-order chi connectivity index (χ0) is 11.8. The van der Waals surface area contributed by atoms with Crippen LogP contribution in [0.4, 0.5) is 0 Å². The second-order valence-corrected chi connectivity index (χ2v) is 2.95. The Balaban J connectivity index is 0.000000921. The maximum atomic E-state index is 5.09. The minimum absolute atomic E-state index is 0.679. The lowest BCUT2D eigenvalue weighted by Gasteiger charge is -2.10. The van der Waals surface area contributed by atoms with Crippen molar-refractivity contribution in [3.63, 3.8) is 0 Å². The standard InChI is InChI=1S/C12H14O.C2H6/c1-9(2)11-7-5-6-8-12(11)10(3)13-4;1-2/h5-8H,1,3H2,2,4H3;1-2H3. The van der Waals surface area contributed by atoms with Crippen molar-refractivity contribution in [1.82, 2.24) is 0 Å². The lowest BCUT2D eigenvalue weighted by atomic mass is 10.0. The molecule has 0 spiro atoms. The molecule has 0 aliphatic carbocycles. The molecular formula is C14H20O. The molecule has 1 rings (SSSR count). The largest absolute Gasteiger partial charge is 0.497 e. The zero-order valence-electron chi connectivity index (χ0n) is 10.1. The summed E-state index contributed by atoms with van der Waals surface area (Å²) in [5.74, 6) is 0.679. The molecule has 0 fully saturated rings. The van der Waals surface area contributed by atoms with E-state index in [0.717, 1.165) is 16.7 Å². The van der Waals surface area contributed by atoms with E-state index in [2.05, 4.69) is 13.2 Å². The molecule has 0 bridgehead atoms. The van der Waals surface area contributed by atoms with Crippen LogP contribution in [0.3, 0.4) is 0 Å². The Labute approximate surface area is 93.1 Å². The van der Waals surface area contributed by atoms with Crippen LogP contribution in [-0.4, -0.2) is 7.11 Å². The van der Waals surface area contributed by atoms with Gasteiger partial charge in [0.1, 0.15) is 5.76 Å². The summed E-state index contributed by atoms with van der Waals surface area (Å²) in [7, 11) is 1.62. The second-order valence-electron chi connectivity index (χ2n) is 2.95. The van der Waals surface area contributed by atoms with Crippen LogP contribution in [0.1, 0.15) is 31.9 Å². The molecule has 0 N–H and O–H groups in total. The summed E-state index contributed by atoms with van der Waals surface area (Å²) in [4.78, 5) is 0. The molecule has 0 radical (unpaired) electrons. The number of rotatable bonds is 3. The van der Waals surface area contributed by atoms with Crippen molar-refractivity contribution in [2.45, 2.75) is 20.8 Å². The average molecular weight is 204 g/mol.